The molecular weight excluding hydrogens is 617 g/mol. The minimum atomic E-state index is -0.236. The Kier molecular flexibility index (Phi) is 7.37. The molecule has 1 N–H and O–H groups in total. The van der Waals surface area contributed by atoms with Gasteiger partial charge in [0.1, 0.15) is 12.0 Å². The van der Waals surface area contributed by atoms with E-state index in [2.05, 4.69) is 133 Å². The average molecular weight is 647 g/mol. The number of aliphatic imine (C=N–C) groups is 2. The van der Waals surface area contributed by atoms with Crippen molar-refractivity contribution in [1.29, 1.82) is 0 Å². The molecule has 1 aliphatic heterocycles. The summed E-state index contributed by atoms with van der Waals surface area (Å²) >= 11 is 1.81. The first-order chi connectivity index (χ1) is 24.3. The standard InChI is InChI=1S/C44H30N4S/c1-4-10-29(11-5-1)30-16-18-31(19-17-30)36-24-25-38-37(28-36)40-39(49-38)26-27-45-41(40)32-20-22-35(23-21-32)44-47-42(33-12-6-2-7-13-33)46-43(48-44)34-14-8-3-9-15-34/h1-28,42H,(H,46,47,48). The van der Waals surface area contributed by atoms with E-state index in [0.717, 1.165) is 33.8 Å². The zero-order chi connectivity index (χ0) is 32.6. The summed E-state index contributed by atoms with van der Waals surface area (Å²) in [6.07, 6.45) is 1.68. The van der Waals surface area contributed by atoms with Crippen molar-refractivity contribution in [2.75, 3.05) is 0 Å². The molecule has 0 radical (unpaired) electrons. The summed E-state index contributed by atoms with van der Waals surface area (Å²) in [5, 5.41) is 5.95. The SMILES string of the molecule is c1ccc(C2=NC(c3ccc(-c4nccc5sc6ccc(-c7ccc(-c8ccccc8)cc7)cc6c45)cc3)=NC(c3ccccc3)N2)cc1. The predicted octanol–water partition coefficient (Wildman–Crippen LogP) is 10.9. The van der Waals surface area contributed by atoms with Crippen molar-refractivity contribution >= 4 is 43.2 Å². The van der Waals surface area contributed by atoms with Crippen molar-refractivity contribution in [3.8, 4) is 33.5 Å². The van der Waals surface area contributed by atoms with Gasteiger partial charge in [-0.15, -0.1) is 11.3 Å². The molecule has 1 atom stereocenters. The number of hydrogen-bond donors (Lipinski definition) is 1. The fraction of sp³-hybridized carbons (Fsp3) is 0.0227. The van der Waals surface area contributed by atoms with E-state index in [-0.39, 0.29) is 6.17 Å². The van der Waals surface area contributed by atoms with Crippen LogP contribution in [0.2, 0.25) is 0 Å². The van der Waals surface area contributed by atoms with E-state index in [1.54, 1.807) is 0 Å². The molecule has 3 heterocycles. The summed E-state index contributed by atoms with van der Waals surface area (Å²) < 4.78 is 2.48. The van der Waals surface area contributed by atoms with Gasteiger partial charge < -0.3 is 5.32 Å². The molecule has 0 fully saturated rings. The second kappa shape index (κ2) is 12.5. The molecular formula is C44H30N4S. The number of benzene rings is 6. The molecule has 49 heavy (non-hydrogen) atoms. The Balaban J connectivity index is 1.08. The van der Waals surface area contributed by atoms with Crippen LogP contribution in [-0.4, -0.2) is 16.7 Å². The highest BCUT2D eigenvalue weighted by Gasteiger charge is 2.21. The van der Waals surface area contributed by atoms with Gasteiger partial charge in [-0.05, 0) is 46.0 Å². The van der Waals surface area contributed by atoms with Gasteiger partial charge in [-0.2, -0.15) is 0 Å². The molecule has 232 valence electrons. The Labute approximate surface area is 288 Å². The average Bonchev–Trinajstić information content (AvgIpc) is 3.57. The van der Waals surface area contributed by atoms with Gasteiger partial charge in [-0.3, -0.25) is 4.98 Å². The van der Waals surface area contributed by atoms with Crippen molar-refractivity contribution in [3.63, 3.8) is 0 Å². The van der Waals surface area contributed by atoms with Gasteiger partial charge in [0, 0.05) is 43.1 Å². The molecule has 4 nitrogen and oxygen atoms in total. The van der Waals surface area contributed by atoms with Gasteiger partial charge in [0.25, 0.3) is 0 Å². The molecule has 5 heteroatoms. The Morgan fingerprint density at radius 3 is 1.78 bits per heavy atom. The van der Waals surface area contributed by atoms with Crippen molar-refractivity contribution in [1.82, 2.24) is 10.3 Å². The summed E-state index contributed by atoms with van der Waals surface area (Å²) in [6, 6.07) is 57.3. The van der Waals surface area contributed by atoms with E-state index in [1.165, 1.54) is 42.4 Å². The zero-order valence-electron chi connectivity index (χ0n) is 26.5. The van der Waals surface area contributed by atoms with Crippen LogP contribution in [0.4, 0.5) is 0 Å². The van der Waals surface area contributed by atoms with Gasteiger partial charge in [0.2, 0.25) is 0 Å². The van der Waals surface area contributed by atoms with Crippen LogP contribution in [0, 0.1) is 0 Å². The number of nitrogens with zero attached hydrogens (tertiary/aromatic N) is 3. The van der Waals surface area contributed by atoms with E-state index >= 15 is 0 Å². The molecule has 0 aliphatic carbocycles. The number of rotatable bonds is 6. The van der Waals surface area contributed by atoms with Gasteiger partial charge in [-0.1, -0.05) is 146 Å². The summed E-state index contributed by atoms with van der Waals surface area (Å²) in [4.78, 5) is 15.0. The maximum atomic E-state index is 5.05. The van der Waals surface area contributed by atoms with Crippen LogP contribution in [0.5, 0.6) is 0 Å². The maximum Gasteiger partial charge on any atom is 0.159 e. The lowest BCUT2D eigenvalue weighted by atomic mass is 9.98. The summed E-state index contributed by atoms with van der Waals surface area (Å²) in [6.45, 7) is 0. The molecule has 1 unspecified atom stereocenters. The number of nitrogens with one attached hydrogen (secondary N) is 1. The zero-order valence-corrected chi connectivity index (χ0v) is 27.3. The van der Waals surface area contributed by atoms with Crippen molar-refractivity contribution in [2.45, 2.75) is 6.17 Å². The number of aromatic nitrogens is 1. The van der Waals surface area contributed by atoms with E-state index < -0.39 is 0 Å². The van der Waals surface area contributed by atoms with Crippen LogP contribution >= 0.6 is 11.3 Å². The fourth-order valence-corrected chi connectivity index (χ4v) is 7.59. The fourth-order valence-electron chi connectivity index (χ4n) is 6.51. The van der Waals surface area contributed by atoms with E-state index in [0.29, 0.717) is 5.84 Å². The third-order valence-electron chi connectivity index (χ3n) is 9.03. The molecule has 0 saturated heterocycles. The molecule has 0 amide bonds. The topological polar surface area (TPSA) is 49.6 Å². The smallest absolute Gasteiger partial charge is 0.159 e. The van der Waals surface area contributed by atoms with Crippen molar-refractivity contribution < 1.29 is 0 Å². The lowest BCUT2D eigenvalue weighted by molar-refractivity contribution is 0.674. The van der Waals surface area contributed by atoms with Gasteiger partial charge in [-0.25, -0.2) is 9.98 Å². The second-order valence-corrected chi connectivity index (χ2v) is 13.2. The molecule has 0 spiro atoms. The third kappa shape index (κ3) is 5.60. The summed E-state index contributed by atoms with van der Waals surface area (Å²) in [7, 11) is 0. The molecule has 8 aromatic rings. The highest BCUT2D eigenvalue weighted by molar-refractivity contribution is 7.25. The summed E-state index contributed by atoms with van der Waals surface area (Å²) in [5.74, 6) is 1.51. The van der Waals surface area contributed by atoms with Crippen LogP contribution in [0.3, 0.4) is 0 Å². The predicted molar refractivity (Wildman–Crippen MR) is 205 cm³/mol. The number of hydrogen-bond acceptors (Lipinski definition) is 5. The van der Waals surface area contributed by atoms with Crippen LogP contribution < -0.4 is 5.32 Å². The van der Waals surface area contributed by atoms with E-state index in [4.69, 9.17) is 15.0 Å². The molecule has 6 aromatic carbocycles. The number of thiophene rings is 1. The van der Waals surface area contributed by atoms with E-state index in [1.807, 2.05) is 53.9 Å². The second-order valence-electron chi connectivity index (χ2n) is 12.1. The molecule has 9 rings (SSSR count). The molecule has 1 aliphatic rings. The minimum absolute atomic E-state index is 0.236. The normalized spacial score (nSPS) is 14.3. The Bertz CT molecular complexity index is 2480. The lowest BCUT2D eigenvalue weighted by Gasteiger charge is -2.23. The number of pyridine rings is 1. The quantitative estimate of drug-likeness (QED) is 0.195. The van der Waals surface area contributed by atoms with Crippen LogP contribution in [-0.2, 0) is 0 Å². The first-order valence-corrected chi connectivity index (χ1v) is 17.2. The Morgan fingerprint density at radius 2 is 1.06 bits per heavy atom. The molecule has 0 saturated carbocycles. The highest BCUT2D eigenvalue weighted by atomic mass is 32.1. The van der Waals surface area contributed by atoms with Crippen LogP contribution in [0.1, 0.15) is 22.9 Å². The first kappa shape index (κ1) is 29.0. The van der Waals surface area contributed by atoms with Gasteiger partial charge >= 0.3 is 0 Å². The lowest BCUT2D eigenvalue weighted by Crippen LogP contribution is -2.33. The Hall–Kier alpha value is -6.17. The van der Waals surface area contributed by atoms with Gasteiger partial charge in [0.15, 0.2) is 5.84 Å². The summed E-state index contributed by atoms with van der Waals surface area (Å²) in [5.41, 5.74) is 9.96. The first-order valence-electron chi connectivity index (χ1n) is 16.4. The van der Waals surface area contributed by atoms with Gasteiger partial charge in [0.05, 0.1) is 5.69 Å². The largest absolute Gasteiger partial charge is 0.344 e. The number of amidine groups is 2. The molecule has 2 aromatic heterocycles. The minimum Gasteiger partial charge on any atom is -0.344 e. The third-order valence-corrected chi connectivity index (χ3v) is 10.2. The van der Waals surface area contributed by atoms with Crippen molar-refractivity contribution in [2.24, 2.45) is 9.98 Å². The van der Waals surface area contributed by atoms with E-state index in [9.17, 15) is 0 Å². The number of fused-ring (bicyclic) bond motifs is 3. The van der Waals surface area contributed by atoms with Crippen LogP contribution in [0.15, 0.2) is 180 Å². The maximum absolute atomic E-state index is 5.05. The monoisotopic (exact) mass is 646 g/mol. The molecule has 0 bridgehead atoms. The Morgan fingerprint density at radius 1 is 0.490 bits per heavy atom. The van der Waals surface area contributed by atoms with Crippen molar-refractivity contribution in [3.05, 3.63) is 187 Å². The van der Waals surface area contributed by atoms with Crippen LogP contribution in [0.25, 0.3) is 53.7 Å². The highest BCUT2D eigenvalue weighted by Crippen LogP contribution is 2.41.